The normalized spacial score (nSPS) is 20.4. The second-order valence-electron chi connectivity index (χ2n) is 7.94. The first-order valence-corrected chi connectivity index (χ1v) is 10.0. The van der Waals surface area contributed by atoms with Crippen LogP contribution in [0.1, 0.15) is 40.3 Å². The van der Waals surface area contributed by atoms with Crippen molar-refractivity contribution in [1.29, 1.82) is 0 Å². The lowest BCUT2D eigenvalue weighted by atomic mass is 9.98. The molecule has 0 radical (unpaired) electrons. The molecule has 1 N–H and O–H groups in total. The van der Waals surface area contributed by atoms with Crippen LogP contribution in [0.3, 0.4) is 0 Å². The maximum Gasteiger partial charge on any atom is 0.255 e. The number of H-pyrrole nitrogens is 1. The van der Waals surface area contributed by atoms with Crippen LogP contribution in [0.25, 0.3) is 10.8 Å². The van der Waals surface area contributed by atoms with Crippen LogP contribution >= 0.6 is 0 Å². The number of methoxy groups -OCH3 is 1. The molecule has 2 aliphatic heterocycles. The van der Waals surface area contributed by atoms with E-state index in [-0.39, 0.29) is 23.6 Å². The van der Waals surface area contributed by atoms with Crippen molar-refractivity contribution in [2.24, 2.45) is 0 Å². The SMILES string of the molecule is COc1ccc(C(=O)N2[C@@H]3CC[C@H]2Cc2nc(C)[nH]c(=O)c2C3)c2ccccc12. The molecule has 29 heavy (non-hydrogen) atoms. The highest BCUT2D eigenvalue weighted by molar-refractivity contribution is 6.09. The maximum absolute atomic E-state index is 13.7. The molecule has 1 aromatic heterocycles. The zero-order chi connectivity index (χ0) is 20.1. The molecule has 1 amide bonds. The van der Waals surface area contributed by atoms with Gasteiger partial charge in [-0.05, 0) is 37.3 Å². The molecule has 3 aromatic rings. The number of carbonyl (C=O) groups is 1. The van der Waals surface area contributed by atoms with Gasteiger partial charge in [0.25, 0.3) is 11.5 Å². The first kappa shape index (κ1) is 17.9. The van der Waals surface area contributed by atoms with Crippen LogP contribution < -0.4 is 10.3 Å². The lowest BCUT2D eigenvalue weighted by molar-refractivity contribution is 0.0675. The lowest BCUT2D eigenvalue weighted by Gasteiger charge is -2.29. The number of hydrogen-bond acceptors (Lipinski definition) is 4. The number of aryl methyl sites for hydroxylation is 1. The summed E-state index contributed by atoms with van der Waals surface area (Å²) >= 11 is 0. The van der Waals surface area contributed by atoms with Gasteiger partial charge in [0.05, 0.1) is 12.8 Å². The molecule has 1 saturated heterocycles. The van der Waals surface area contributed by atoms with Gasteiger partial charge >= 0.3 is 0 Å². The van der Waals surface area contributed by atoms with Crippen LogP contribution in [0.4, 0.5) is 0 Å². The van der Waals surface area contributed by atoms with E-state index in [1.165, 1.54) is 0 Å². The fourth-order valence-corrected chi connectivity index (χ4v) is 4.98. The summed E-state index contributed by atoms with van der Waals surface area (Å²) in [6.07, 6.45) is 3.05. The molecule has 5 rings (SSSR count). The molecule has 6 nitrogen and oxygen atoms in total. The molecular weight excluding hydrogens is 366 g/mol. The molecular formula is C23H23N3O3. The number of benzene rings is 2. The number of aromatic amines is 1. The molecule has 0 saturated carbocycles. The summed E-state index contributed by atoms with van der Waals surface area (Å²) in [6.45, 7) is 1.80. The zero-order valence-corrected chi connectivity index (χ0v) is 16.6. The Morgan fingerprint density at radius 3 is 2.59 bits per heavy atom. The number of amides is 1. The van der Waals surface area contributed by atoms with Crippen LogP contribution in [0, 0.1) is 6.92 Å². The van der Waals surface area contributed by atoms with Crippen molar-refractivity contribution in [3.05, 3.63) is 69.4 Å². The number of hydrogen-bond donors (Lipinski definition) is 1. The Hall–Kier alpha value is -3.15. The van der Waals surface area contributed by atoms with Crippen molar-refractivity contribution >= 4 is 16.7 Å². The first-order valence-electron chi connectivity index (χ1n) is 10.0. The quantitative estimate of drug-likeness (QED) is 0.731. The van der Waals surface area contributed by atoms with E-state index in [0.717, 1.165) is 40.6 Å². The minimum Gasteiger partial charge on any atom is -0.496 e. The fraction of sp³-hybridized carbons (Fsp3) is 0.348. The molecule has 0 unspecified atom stereocenters. The Bertz CT molecular complexity index is 1180. The third kappa shape index (κ3) is 2.82. The number of rotatable bonds is 2. The van der Waals surface area contributed by atoms with Gasteiger partial charge in [0, 0.05) is 41.4 Å². The third-order valence-electron chi connectivity index (χ3n) is 6.28. The van der Waals surface area contributed by atoms with Gasteiger partial charge in [0.2, 0.25) is 0 Å². The Morgan fingerprint density at radius 1 is 1.10 bits per heavy atom. The number of fused-ring (bicyclic) bond motifs is 4. The molecule has 0 aliphatic carbocycles. The van der Waals surface area contributed by atoms with Crippen LogP contribution in [0.15, 0.2) is 41.2 Å². The maximum atomic E-state index is 13.7. The van der Waals surface area contributed by atoms with Gasteiger partial charge in [0.1, 0.15) is 11.6 Å². The van der Waals surface area contributed by atoms with Gasteiger partial charge in [-0.3, -0.25) is 9.59 Å². The van der Waals surface area contributed by atoms with E-state index in [4.69, 9.17) is 4.74 Å². The predicted molar refractivity (Wildman–Crippen MR) is 110 cm³/mol. The second kappa shape index (κ2) is 6.72. The van der Waals surface area contributed by atoms with E-state index in [1.807, 2.05) is 41.3 Å². The summed E-state index contributed by atoms with van der Waals surface area (Å²) in [5.41, 5.74) is 2.20. The monoisotopic (exact) mass is 389 g/mol. The summed E-state index contributed by atoms with van der Waals surface area (Å²) < 4.78 is 5.48. The zero-order valence-electron chi connectivity index (χ0n) is 16.6. The van der Waals surface area contributed by atoms with Gasteiger partial charge in [-0.1, -0.05) is 24.3 Å². The van der Waals surface area contributed by atoms with Gasteiger partial charge in [-0.2, -0.15) is 0 Å². The average molecular weight is 389 g/mol. The second-order valence-corrected chi connectivity index (χ2v) is 7.94. The largest absolute Gasteiger partial charge is 0.496 e. The number of nitrogens with zero attached hydrogens (tertiary/aromatic N) is 2. The van der Waals surface area contributed by atoms with Crippen molar-refractivity contribution in [2.75, 3.05) is 7.11 Å². The van der Waals surface area contributed by atoms with E-state index in [1.54, 1.807) is 14.0 Å². The molecule has 2 aromatic carbocycles. The molecule has 2 aliphatic rings. The highest BCUT2D eigenvalue weighted by atomic mass is 16.5. The van der Waals surface area contributed by atoms with E-state index in [2.05, 4.69) is 9.97 Å². The molecule has 1 fully saturated rings. The number of nitrogens with one attached hydrogen (secondary N) is 1. The first-order chi connectivity index (χ1) is 14.1. The van der Waals surface area contributed by atoms with Crippen LogP contribution in [-0.2, 0) is 12.8 Å². The highest BCUT2D eigenvalue weighted by Crippen LogP contribution is 2.36. The summed E-state index contributed by atoms with van der Waals surface area (Å²) in [7, 11) is 1.64. The Balaban J connectivity index is 1.58. The van der Waals surface area contributed by atoms with Crippen LogP contribution in [0.5, 0.6) is 5.75 Å². The molecule has 148 valence electrons. The molecule has 2 bridgehead atoms. The summed E-state index contributed by atoms with van der Waals surface area (Å²) in [5, 5.41) is 1.82. The van der Waals surface area contributed by atoms with E-state index >= 15 is 0 Å². The summed E-state index contributed by atoms with van der Waals surface area (Å²) in [6, 6.07) is 11.7. The van der Waals surface area contributed by atoms with Crippen molar-refractivity contribution in [3.63, 3.8) is 0 Å². The predicted octanol–water partition coefficient (Wildman–Crippen LogP) is 3.01. The van der Waals surface area contributed by atoms with Gasteiger partial charge < -0.3 is 14.6 Å². The molecule has 0 spiro atoms. The van der Waals surface area contributed by atoms with Gasteiger partial charge in [-0.25, -0.2) is 4.98 Å². The standard InChI is InChI=1S/C23H23N3O3/c1-13-24-20-12-15-8-7-14(11-19(20)22(27)25-13)26(15)23(28)18-9-10-21(29-2)17-6-4-3-5-16(17)18/h3-6,9-10,14-15H,7-8,11-12H2,1-2H3,(H,24,25,27)/t14-,15+/m1/s1. The topological polar surface area (TPSA) is 75.3 Å². The molecule has 6 heteroatoms. The Morgan fingerprint density at radius 2 is 1.83 bits per heavy atom. The Kier molecular flexibility index (Phi) is 4.15. The fourth-order valence-electron chi connectivity index (χ4n) is 4.98. The van der Waals surface area contributed by atoms with E-state index in [9.17, 15) is 9.59 Å². The van der Waals surface area contributed by atoms with E-state index in [0.29, 0.717) is 24.2 Å². The van der Waals surface area contributed by atoms with Gasteiger partial charge in [-0.15, -0.1) is 0 Å². The smallest absolute Gasteiger partial charge is 0.255 e. The molecule has 2 atom stereocenters. The van der Waals surface area contributed by atoms with Crippen molar-refractivity contribution in [2.45, 2.75) is 44.7 Å². The third-order valence-corrected chi connectivity index (χ3v) is 6.28. The average Bonchev–Trinajstić information content (AvgIpc) is 3.02. The summed E-state index contributed by atoms with van der Waals surface area (Å²) in [5.74, 6) is 1.41. The van der Waals surface area contributed by atoms with E-state index < -0.39 is 0 Å². The number of ether oxygens (including phenoxy) is 1. The minimum absolute atomic E-state index is 0.0253. The highest BCUT2D eigenvalue weighted by Gasteiger charge is 2.41. The van der Waals surface area contributed by atoms with Crippen molar-refractivity contribution in [1.82, 2.24) is 14.9 Å². The number of aromatic nitrogens is 2. The lowest BCUT2D eigenvalue weighted by Crippen LogP contribution is -2.42. The van der Waals surface area contributed by atoms with Crippen LogP contribution in [0.2, 0.25) is 0 Å². The van der Waals surface area contributed by atoms with Crippen molar-refractivity contribution in [3.8, 4) is 5.75 Å². The molecule has 3 heterocycles. The Labute approximate surface area is 168 Å². The van der Waals surface area contributed by atoms with Gasteiger partial charge in [0.15, 0.2) is 0 Å². The van der Waals surface area contributed by atoms with Crippen molar-refractivity contribution < 1.29 is 9.53 Å². The van der Waals surface area contributed by atoms with Crippen LogP contribution in [-0.4, -0.2) is 40.0 Å². The minimum atomic E-state index is -0.0673. The number of carbonyl (C=O) groups excluding carboxylic acids is 1. The summed E-state index contributed by atoms with van der Waals surface area (Å²) in [4.78, 5) is 35.6.